The molecule has 1 fully saturated rings. The van der Waals surface area contributed by atoms with Crippen molar-refractivity contribution in [1.29, 1.82) is 0 Å². The van der Waals surface area contributed by atoms with Crippen molar-refractivity contribution >= 4 is 41.8 Å². The second kappa shape index (κ2) is 9.11. The molecule has 2 heterocycles. The Morgan fingerprint density at radius 2 is 2.04 bits per heavy atom. The number of hydrogen-bond acceptors (Lipinski definition) is 3. The smallest absolute Gasteiger partial charge is 0.224 e. The van der Waals surface area contributed by atoms with E-state index in [2.05, 4.69) is 9.55 Å². The zero-order valence-electron chi connectivity index (χ0n) is 13.1. The largest absolute Gasteiger partial charge is 0.338 e. The number of hydrogen-bond donors (Lipinski definition) is 1. The molecule has 0 bridgehead atoms. The topological polar surface area (TPSA) is 64.2 Å². The molecular formula is C16H24Cl2N4O. The van der Waals surface area contributed by atoms with Crippen molar-refractivity contribution in [3.05, 3.63) is 30.6 Å². The third-order valence-electron chi connectivity index (χ3n) is 4.31. The molecule has 23 heavy (non-hydrogen) atoms. The third kappa shape index (κ3) is 4.37. The van der Waals surface area contributed by atoms with Crippen LogP contribution in [0.2, 0.25) is 0 Å². The highest BCUT2D eigenvalue weighted by Gasteiger charge is 2.25. The molecule has 128 valence electrons. The molecule has 1 unspecified atom stereocenters. The molecule has 2 aromatic rings. The number of nitrogens with two attached hydrogens (primary N) is 1. The van der Waals surface area contributed by atoms with E-state index < -0.39 is 0 Å². The van der Waals surface area contributed by atoms with Gasteiger partial charge in [0.25, 0.3) is 0 Å². The van der Waals surface area contributed by atoms with Gasteiger partial charge in [-0.3, -0.25) is 4.79 Å². The molecule has 1 aromatic carbocycles. The fraction of sp³-hybridized carbons (Fsp3) is 0.500. The number of halogens is 2. The number of carbonyl (C=O) groups is 1. The summed E-state index contributed by atoms with van der Waals surface area (Å²) in [5.74, 6) is 0.211. The Morgan fingerprint density at radius 1 is 1.26 bits per heavy atom. The number of piperidine rings is 1. The average molecular weight is 359 g/mol. The van der Waals surface area contributed by atoms with E-state index in [0.717, 1.165) is 30.4 Å². The van der Waals surface area contributed by atoms with Crippen LogP contribution in [0.15, 0.2) is 30.6 Å². The lowest BCUT2D eigenvalue weighted by Crippen LogP contribution is -2.47. The number of amides is 1. The number of likely N-dealkylation sites (tertiary alicyclic amines) is 1. The minimum atomic E-state index is 0. The predicted molar refractivity (Wildman–Crippen MR) is 97.3 cm³/mol. The molecule has 7 heteroatoms. The first-order chi connectivity index (χ1) is 10.3. The van der Waals surface area contributed by atoms with E-state index >= 15 is 0 Å². The van der Waals surface area contributed by atoms with Crippen molar-refractivity contribution in [2.75, 3.05) is 13.1 Å². The van der Waals surface area contributed by atoms with Gasteiger partial charge in [0.1, 0.15) is 0 Å². The van der Waals surface area contributed by atoms with Crippen molar-refractivity contribution < 1.29 is 4.79 Å². The van der Waals surface area contributed by atoms with Crippen LogP contribution in [0.4, 0.5) is 0 Å². The molecule has 1 saturated heterocycles. The van der Waals surface area contributed by atoms with Crippen LogP contribution in [0.5, 0.6) is 0 Å². The van der Waals surface area contributed by atoms with Gasteiger partial charge in [0.15, 0.2) is 0 Å². The van der Waals surface area contributed by atoms with Crippen molar-refractivity contribution in [2.24, 2.45) is 5.73 Å². The maximum Gasteiger partial charge on any atom is 0.224 e. The zero-order chi connectivity index (χ0) is 14.7. The molecule has 0 aliphatic carbocycles. The quantitative estimate of drug-likeness (QED) is 0.913. The highest BCUT2D eigenvalue weighted by Crippen LogP contribution is 2.18. The van der Waals surface area contributed by atoms with E-state index in [1.165, 1.54) is 6.42 Å². The fourth-order valence-electron chi connectivity index (χ4n) is 3.12. The molecule has 1 aliphatic heterocycles. The molecule has 0 spiro atoms. The SMILES string of the molecule is Cl.Cl.NCC1CCCCN1C(=O)CCn1cnc2ccccc21. The lowest BCUT2D eigenvalue weighted by Gasteiger charge is -2.35. The number of aromatic nitrogens is 2. The van der Waals surface area contributed by atoms with Gasteiger partial charge < -0.3 is 15.2 Å². The number of aryl methyl sites for hydroxylation is 1. The maximum atomic E-state index is 12.4. The number of rotatable bonds is 4. The number of fused-ring (bicyclic) bond motifs is 1. The van der Waals surface area contributed by atoms with Crippen LogP contribution in [0.25, 0.3) is 11.0 Å². The maximum absolute atomic E-state index is 12.4. The van der Waals surface area contributed by atoms with Gasteiger partial charge >= 0.3 is 0 Å². The standard InChI is InChI=1S/C16H22N4O.2ClH/c17-11-13-5-3-4-9-20(13)16(21)8-10-19-12-18-14-6-1-2-7-15(14)19;;/h1-2,6-7,12-13H,3-5,8-11,17H2;2*1H. The monoisotopic (exact) mass is 358 g/mol. The molecule has 1 atom stereocenters. The van der Waals surface area contributed by atoms with Gasteiger partial charge in [-0.1, -0.05) is 12.1 Å². The zero-order valence-corrected chi connectivity index (χ0v) is 14.7. The number of para-hydroxylation sites is 2. The lowest BCUT2D eigenvalue weighted by molar-refractivity contribution is -0.134. The van der Waals surface area contributed by atoms with Gasteiger partial charge in [0, 0.05) is 32.1 Å². The minimum absolute atomic E-state index is 0. The number of carbonyl (C=O) groups excluding carboxylic acids is 1. The van der Waals surface area contributed by atoms with Crippen LogP contribution in [0.3, 0.4) is 0 Å². The van der Waals surface area contributed by atoms with Crippen LogP contribution in [0.1, 0.15) is 25.7 Å². The molecule has 1 aliphatic rings. The third-order valence-corrected chi connectivity index (χ3v) is 4.31. The van der Waals surface area contributed by atoms with E-state index in [9.17, 15) is 4.79 Å². The van der Waals surface area contributed by atoms with E-state index in [0.29, 0.717) is 19.5 Å². The normalized spacial score (nSPS) is 17.4. The Balaban J connectivity index is 0.00000132. The Labute approximate surface area is 149 Å². The molecule has 3 rings (SSSR count). The van der Waals surface area contributed by atoms with Gasteiger partial charge in [0.05, 0.1) is 17.4 Å². The number of benzene rings is 1. The highest BCUT2D eigenvalue weighted by atomic mass is 35.5. The second-order valence-corrected chi connectivity index (χ2v) is 5.65. The Bertz CT molecular complexity index is 631. The van der Waals surface area contributed by atoms with Crippen molar-refractivity contribution in [3.8, 4) is 0 Å². The van der Waals surface area contributed by atoms with Gasteiger partial charge in [0.2, 0.25) is 5.91 Å². The summed E-state index contributed by atoms with van der Waals surface area (Å²) in [5.41, 5.74) is 7.84. The van der Waals surface area contributed by atoms with E-state index in [4.69, 9.17) is 5.73 Å². The minimum Gasteiger partial charge on any atom is -0.338 e. The van der Waals surface area contributed by atoms with Crippen LogP contribution in [-0.4, -0.2) is 39.5 Å². The molecule has 0 saturated carbocycles. The van der Waals surface area contributed by atoms with Crippen LogP contribution >= 0.6 is 24.8 Å². The number of imidazole rings is 1. The summed E-state index contributed by atoms with van der Waals surface area (Å²) in [4.78, 5) is 18.8. The van der Waals surface area contributed by atoms with Gasteiger partial charge in [-0.25, -0.2) is 4.98 Å². The second-order valence-electron chi connectivity index (χ2n) is 5.65. The Morgan fingerprint density at radius 3 is 2.83 bits per heavy atom. The summed E-state index contributed by atoms with van der Waals surface area (Å²) in [6, 6.07) is 8.23. The van der Waals surface area contributed by atoms with Gasteiger partial charge in [-0.05, 0) is 31.4 Å². The Kier molecular flexibility index (Phi) is 7.82. The molecule has 1 amide bonds. The molecular weight excluding hydrogens is 335 g/mol. The predicted octanol–water partition coefficient (Wildman–Crippen LogP) is 2.61. The summed E-state index contributed by atoms with van der Waals surface area (Å²) in [7, 11) is 0. The lowest BCUT2D eigenvalue weighted by atomic mass is 10.0. The van der Waals surface area contributed by atoms with Crippen molar-refractivity contribution in [1.82, 2.24) is 14.5 Å². The Hall–Kier alpha value is -1.30. The van der Waals surface area contributed by atoms with Crippen molar-refractivity contribution in [2.45, 2.75) is 38.3 Å². The van der Waals surface area contributed by atoms with Crippen LogP contribution < -0.4 is 5.73 Å². The highest BCUT2D eigenvalue weighted by molar-refractivity contribution is 5.85. The van der Waals surface area contributed by atoms with Gasteiger partial charge in [-0.15, -0.1) is 24.8 Å². The summed E-state index contributed by atoms with van der Waals surface area (Å²) in [5, 5.41) is 0. The summed E-state index contributed by atoms with van der Waals surface area (Å²) < 4.78 is 2.05. The van der Waals surface area contributed by atoms with Crippen LogP contribution in [-0.2, 0) is 11.3 Å². The molecule has 1 aromatic heterocycles. The van der Waals surface area contributed by atoms with E-state index in [-0.39, 0.29) is 36.8 Å². The number of nitrogens with zero attached hydrogens (tertiary/aromatic N) is 3. The molecule has 5 nitrogen and oxygen atoms in total. The average Bonchev–Trinajstić information content (AvgIpc) is 2.96. The first-order valence-corrected chi connectivity index (χ1v) is 7.69. The molecule has 0 radical (unpaired) electrons. The first-order valence-electron chi connectivity index (χ1n) is 7.69. The summed E-state index contributed by atoms with van der Waals surface area (Å²) in [6.45, 7) is 2.10. The fourth-order valence-corrected chi connectivity index (χ4v) is 3.12. The first kappa shape index (κ1) is 19.7. The summed E-state index contributed by atoms with van der Waals surface area (Å²) in [6.07, 6.45) is 5.63. The summed E-state index contributed by atoms with van der Waals surface area (Å²) >= 11 is 0. The molecule has 2 N–H and O–H groups in total. The van der Waals surface area contributed by atoms with Crippen LogP contribution in [0, 0.1) is 0 Å². The van der Waals surface area contributed by atoms with E-state index in [1.54, 1.807) is 0 Å². The van der Waals surface area contributed by atoms with Gasteiger partial charge in [-0.2, -0.15) is 0 Å². The van der Waals surface area contributed by atoms with Crippen molar-refractivity contribution in [3.63, 3.8) is 0 Å². The van der Waals surface area contributed by atoms with E-state index in [1.807, 2.05) is 35.5 Å².